The highest BCUT2D eigenvalue weighted by Gasteiger charge is 2.27. The second kappa shape index (κ2) is 8.51. The summed E-state index contributed by atoms with van der Waals surface area (Å²) in [5, 5.41) is -0.0166. The minimum Gasteiger partial charge on any atom is -0.469 e. The largest absolute Gasteiger partial charge is 0.469 e. The maximum Gasteiger partial charge on any atom is 0.307 e. The van der Waals surface area contributed by atoms with E-state index < -0.39 is 22.0 Å². The van der Waals surface area contributed by atoms with E-state index in [2.05, 4.69) is 25.4 Å². The van der Waals surface area contributed by atoms with Crippen LogP contribution in [0.25, 0.3) is 0 Å². The Morgan fingerprint density at radius 3 is 2.36 bits per heavy atom. The molecule has 0 aromatic heterocycles. The molecule has 1 N–H and O–H groups in total. The molecule has 2 aromatic carbocycles. The molecular weight excluding hydrogens is 453 g/mol. The first-order valence-electron chi connectivity index (χ1n) is 7.03. The molecule has 9 heteroatoms. The Morgan fingerprint density at radius 1 is 1.20 bits per heavy atom. The molecule has 0 aliphatic heterocycles. The molecule has 0 aliphatic rings. The van der Waals surface area contributed by atoms with Gasteiger partial charge in [0.1, 0.15) is 4.90 Å². The summed E-state index contributed by atoms with van der Waals surface area (Å²) in [6, 6.07) is 10.5. The number of hydrogen-bond acceptors (Lipinski definition) is 4. The molecule has 25 heavy (non-hydrogen) atoms. The van der Waals surface area contributed by atoms with Gasteiger partial charge in [0.15, 0.2) is 0 Å². The highest BCUT2D eigenvalue weighted by atomic mass is 79.9. The molecule has 0 saturated carbocycles. The van der Waals surface area contributed by atoms with Crippen molar-refractivity contribution < 1.29 is 17.9 Å². The highest BCUT2D eigenvalue weighted by molar-refractivity contribution is 9.10. The van der Waals surface area contributed by atoms with Crippen LogP contribution in [0.15, 0.2) is 51.8 Å². The number of ether oxygens (including phenoxy) is 1. The fourth-order valence-electron chi connectivity index (χ4n) is 2.19. The SMILES string of the molecule is COC(=O)CC(NS(=O)(=O)c1c(Cl)cccc1Cl)c1cccc(Br)c1. The molecule has 0 spiro atoms. The van der Waals surface area contributed by atoms with Crippen molar-refractivity contribution in [2.24, 2.45) is 0 Å². The van der Waals surface area contributed by atoms with E-state index in [9.17, 15) is 13.2 Å². The summed E-state index contributed by atoms with van der Waals surface area (Å²) >= 11 is 15.3. The molecular formula is C16H14BrCl2NO4S. The molecule has 2 rings (SSSR count). The molecule has 5 nitrogen and oxygen atoms in total. The topological polar surface area (TPSA) is 72.5 Å². The predicted octanol–water partition coefficient (Wildman–Crippen LogP) is 4.34. The number of rotatable bonds is 6. The van der Waals surface area contributed by atoms with Gasteiger partial charge in [-0.3, -0.25) is 4.79 Å². The van der Waals surface area contributed by atoms with Crippen LogP contribution in [0.2, 0.25) is 10.0 Å². The summed E-state index contributed by atoms with van der Waals surface area (Å²) in [7, 11) is -2.84. The summed E-state index contributed by atoms with van der Waals surface area (Å²) in [6.07, 6.45) is -0.186. The molecule has 0 aliphatic carbocycles. The van der Waals surface area contributed by atoms with Crippen LogP contribution in [0.3, 0.4) is 0 Å². The van der Waals surface area contributed by atoms with Crippen LogP contribution in [0.5, 0.6) is 0 Å². The molecule has 134 valence electrons. The lowest BCUT2D eigenvalue weighted by Gasteiger charge is -2.19. The molecule has 1 unspecified atom stereocenters. The van der Waals surface area contributed by atoms with Crippen molar-refractivity contribution in [1.82, 2.24) is 4.72 Å². The van der Waals surface area contributed by atoms with Gasteiger partial charge in [0.25, 0.3) is 0 Å². The van der Waals surface area contributed by atoms with E-state index in [-0.39, 0.29) is 21.4 Å². The van der Waals surface area contributed by atoms with Crippen molar-refractivity contribution in [1.29, 1.82) is 0 Å². The van der Waals surface area contributed by atoms with Crippen LogP contribution in [-0.4, -0.2) is 21.5 Å². The molecule has 1 atom stereocenters. The van der Waals surface area contributed by atoms with E-state index in [0.717, 1.165) is 4.47 Å². The van der Waals surface area contributed by atoms with Gasteiger partial charge in [-0.05, 0) is 29.8 Å². The number of benzene rings is 2. The van der Waals surface area contributed by atoms with Gasteiger partial charge in [0, 0.05) is 4.47 Å². The molecule has 0 saturated heterocycles. The van der Waals surface area contributed by atoms with E-state index in [1.165, 1.54) is 19.2 Å². The van der Waals surface area contributed by atoms with Crippen LogP contribution < -0.4 is 4.72 Å². The fourth-order valence-corrected chi connectivity index (χ4v) is 4.97. The monoisotopic (exact) mass is 465 g/mol. The second-order valence-corrected chi connectivity index (χ2v) is 8.44. The first-order chi connectivity index (χ1) is 11.7. The lowest BCUT2D eigenvalue weighted by atomic mass is 10.1. The Morgan fingerprint density at radius 2 is 1.80 bits per heavy atom. The van der Waals surface area contributed by atoms with E-state index in [4.69, 9.17) is 23.2 Å². The average molecular weight is 467 g/mol. The number of hydrogen-bond donors (Lipinski definition) is 1. The van der Waals surface area contributed by atoms with Gasteiger partial charge < -0.3 is 4.74 Å². The van der Waals surface area contributed by atoms with Crippen molar-refractivity contribution in [3.05, 3.63) is 62.5 Å². The normalized spacial score (nSPS) is 12.6. The molecule has 2 aromatic rings. The molecule has 0 heterocycles. The average Bonchev–Trinajstić information content (AvgIpc) is 2.53. The number of nitrogens with one attached hydrogen (secondary N) is 1. The van der Waals surface area contributed by atoms with Crippen LogP contribution >= 0.6 is 39.1 Å². The number of sulfonamides is 1. The van der Waals surface area contributed by atoms with Gasteiger partial charge in [0.2, 0.25) is 10.0 Å². The Kier molecular flexibility index (Phi) is 6.87. The van der Waals surface area contributed by atoms with Gasteiger partial charge in [0.05, 0.1) is 29.6 Å². The number of carbonyl (C=O) groups excluding carboxylic acids is 1. The summed E-state index contributed by atoms with van der Waals surface area (Å²) < 4.78 is 33.4. The zero-order valence-corrected chi connectivity index (χ0v) is 16.9. The van der Waals surface area contributed by atoms with E-state index >= 15 is 0 Å². The van der Waals surface area contributed by atoms with Crippen molar-refractivity contribution in [3.8, 4) is 0 Å². The van der Waals surface area contributed by atoms with E-state index in [1.54, 1.807) is 30.3 Å². The minimum absolute atomic E-state index is 0.00828. The Balaban J connectivity index is 2.43. The number of carbonyl (C=O) groups is 1. The van der Waals surface area contributed by atoms with Crippen molar-refractivity contribution in [2.75, 3.05) is 7.11 Å². The van der Waals surface area contributed by atoms with Gasteiger partial charge in [-0.2, -0.15) is 0 Å². The van der Waals surface area contributed by atoms with Crippen molar-refractivity contribution in [2.45, 2.75) is 17.4 Å². The lowest BCUT2D eigenvalue weighted by Crippen LogP contribution is -2.31. The van der Waals surface area contributed by atoms with Crippen LogP contribution in [0.1, 0.15) is 18.0 Å². The van der Waals surface area contributed by atoms with Crippen LogP contribution in [0.4, 0.5) is 0 Å². The molecule has 0 amide bonds. The number of esters is 1. The third-order valence-corrected chi connectivity index (χ3v) is 6.25. The third kappa shape index (κ3) is 5.18. The Hall–Kier alpha value is -1.12. The zero-order valence-electron chi connectivity index (χ0n) is 13.0. The molecule has 0 bridgehead atoms. The van der Waals surface area contributed by atoms with E-state index in [1.807, 2.05) is 0 Å². The Bertz CT molecular complexity index is 869. The maximum absolute atomic E-state index is 12.8. The Labute approximate surface area is 164 Å². The first kappa shape index (κ1) is 20.2. The quantitative estimate of drug-likeness (QED) is 0.642. The number of methoxy groups -OCH3 is 1. The maximum atomic E-state index is 12.8. The zero-order chi connectivity index (χ0) is 18.6. The minimum atomic E-state index is -4.07. The third-order valence-electron chi connectivity index (χ3n) is 3.33. The van der Waals surface area contributed by atoms with Crippen molar-refractivity contribution in [3.63, 3.8) is 0 Å². The summed E-state index contributed by atoms with van der Waals surface area (Å²) in [4.78, 5) is 11.5. The van der Waals surface area contributed by atoms with Crippen LogP contribution in [0, 0.1) is 0 Å². The second-order valence-electron chi connectivity index (χ2n) is 5.06. The lowest BCUT2D eigenvalue weighted by molar-refractivity contribution is -0.141. The summed E-state index contributed by atoms with van der Waals surface area (Å²) in [5.74, 6) is -0.557. The standard InChI is InChI=1S/C16H14BrCl2NO4S/c1-24-15(21)9-14(10-4-2-5-11(17)8-10)20-25(22,23)16-12(18)6-3-7-13(16)19/h2-8,14,20H,9H2,1H3. The molecule has 0 radical (unpaired) electrons. The van der Waals surface area contributed by atoms with Gasteiger partial charge in [-0.1, -0.05) is 57.3 Å². The predicted molar refractivity (Wildman–Crippen MR) is 100 cm³/mol. The smallest absolute Gasteiger partial charge is 0.307 e. The van der Waals surface area contributed by atoms with Crippen LogP contribution in [-0.2, 0) is 19.6 Å². The van der Waals surface area contributed by atoms with Gasteiger partial charge in [-0.15, -0.1) is 0 Å². The van der Waals surface area contributed by atoms with Crippen molar-refractivity contribution >= 4 is 55.1 Å². The van der Waals surface area contributed by atoms with Gasteiger partial charge in [-0.25, -0.2) is 13.1 Å². The van der Waals surface area contributed by atoms with Gasteiger partial charge >= 0.3 is 5.97 Å². The fraction of sp³-hybridized carbons (Fsp3) is 0.188. The number of halogens is 3. The molecule has 0 fully saturated rings. The first-order valence-corrected chi connectivity index (χ1v) is 10.1. The van der Waals surface area contributed by atoms with E-state index in [0.29, 0.717) is 5.56 Å². The summed E-state index contributed by atoms with van der Waals surface area (Å²) in [6.45, 7) is 0. The highest BCUT2D eigenvalue weighted by Crippen LogP contribution is 2.31. The summed E-state index contributed by atoms with van der Waals surface area (Å²) in [5.41, 5.74) is 0.589.